The zero-order valence-electron chi connectivity index (χ0n) is 11.3. The van der Waals surface area contributed by atoms with Gasteiger partial charge in [-0.3, -0.25) is 4.79 Å². The molecule has 0 unspecified atom stereocenters. The summed E-state index contributed by atoms with van der Waals surface area (Å²) >= 11 is 0. The van der Waals surface area contributed by atoms with Gasteiger partial charge in [-0.2, -0.15) is 0 Å². The van der Waals surface area contributed by atoms with Crippen molar-refractivity contribution in [3.8, 4) is 11.5 Å². The number of ether oxygens (including phenoxy) is 2. The molecule has 0 fully saturated rings. The van der Waals surface area contributed by atoms with Crippen LogP contribution in [-0.4, -0.2) is 20.1 Å². The molecule has 0 aromatic heterocycles. The third-order valence-electron chi connectivity index (χ3n) is 2.88. The maximum atomic E-state index is 12.2. The van der Waals surface area contributed by atoms with E-state index in [1.54, 1.807) is 49.6 Å². The van der Waals surface area contributed by atoms with Gasteiger partial charge < -0.3 is 20.5 Å². The number of carbonyl (C=O) groups is 1. The molecule has 5 heteroatoms. The molecule has 0 heterocycles. The van der Waals surface area contributed by atoms with E-state index in [2.05, 4.69) is 5.32 Å². The third kappa shape index (κ3) is 2.83. The van der Waals surface area contributed by atoms with Crippen LogP contribution in [0, 0.1) is 0 Å². The van der Waals surface area contributed by atoms with E-state index < -0.39 is 0 Å². The Morgan fingerprint density at radius 3 is 2.35 bits per heavy atom. The first kappa shape index (κ1) is 13.7. The van der Waals surface area contributed by atoms with Gasteiger partial charge in [0.1, 0.15) is 11.5 Å². The third-order valence-corrected chi connectivity index (χ3v) is 2.88. The minimum atomic E-state index is -0.286. The maximum Gasteiger partial charge on any atom is 0.257 e. The number of amides is 1. The fourth-order valence-corrected chi connectivity index (χ4v) is 1.79. The predicted molar refractivity (Wildman–Crippen MR) is 78.4 cm³/mol. The van der Waals surface area contributed by atoms with E-state index in [0.29, 0.717) is 22.7 Å². The first-order valence-corrected chi connectivity index (χ1v) is 6.03. The minimum absolute atomic E-state index is 0.286. The Labute approximate surface area is 117 Å². The number of carbonyl (C=O) groups excluding carboxylic acids is 1. The van der Waals surface area contributed by atoms with Gasteiger partial charge in [0.05, 0.1) is 25.5 Å². The standard InChI is InChI=1S/C15H16N2O3/c1-19-11-8-6-10(7-9-11)17-15(18)12-4-3-5-13(20-2)14(12)16/h3-9H,16H2,1-2H3,(H,17,18). The Morgan fingerprint density at radius 1 is 1.05 bits per heavy atom. The molecule has 2 aromatic carbocycles. The zero-order valence-corrected chi connectivity index (χ0v) is 11.3. The van der Waals surface area contributed by atoms with Gasteiger partial charge in [0.15, 0.2) is 0 Å². The first-order valence-electron chi connectivity index (χ1n) is 6.03. The summed E-state index contributed by atoms with van der Waals surface area (Å²) in [5.41, 5.74) is 7.25. The molecule has 0 atom stereocenters. The quantitative estimate of drug-likeness (QED) is 0.839. The summed E-state index contributed by atoms with van der Waals surface area (Å²) in [5.74, 6) is 0.919. The second-order valence-corrected chi connectivity index (χ2v) is 4.10. The summed E-state index contributed by atoms with van der Waals surface area (Å²) in [4.78, 5) is 12.2. The molecule has 0 radical (unpaired) electrons. The second kappa shape index (κ2) is 5.97. The Bertz CT molecular complexity index is 609. The number of hydrogen-bond donors (Lipinski definition) is 2. The minimum Gasteiger partial charge on any atom is -0.497 e. The lowest BCUT2D eigenvalue weighted by atomic mass is 10.1. The highest BCUT2D eigenvalue weighted by molar-refractivity contribution is 6.08. The highest BCUT2D eigenvalue weighted by Gasteiger charge is 2.13. The molecule has 104 valence electrons. The van der Waals surface area contributed by atoms with Crippen molar-refractivity contribution >= 4 is 17.3 Å². The van der Waals surface area contributed by atoms with E-state index in [0.717, 1.165) is 5.75 Å². The Kier molecular flexibility index (Phi) is 4.10. The van der Waals surface area contributed by atoms with Gasteiger partial charge >= 0.3 is 0 Å². The molecular weight excluding hydrogens is 256 g/mol. The van der Waals surface area contributed by atoms with E-state index in [4.69, 9.17) is 15.2 Å². The van der Waals surface area contributed by atoms with Crippen molar-refractivity contribution in [1.82, 2.24) is 0 Å². The number of nitrogens with one attached hydrogen (secondary N) is 1. The van der Waals surface area contributed by atoms with Gasteiger partial charge in [-0.15, -0.1) is 0 Å². The summed E-state index contributed by atoms with van der Waals surface area (Å²) < 4.78 is 10.2. The summed E-state index contributed by atoms with van der Waals surface area (Å²) in [6.45, 7) is 0. The van der Waals surface area contributed by atoms with Crippen molar-refractivity contribution in [2.45, 2.75) is 0 Å². The number of rotatable bonds is 4. The van der Waals surface area contributed by atoms with Crippen molar-refractivity contribution in [1.29, 1.82) is 0 Å². The lowest BCUT2D eigenvalue weighted by Gasteiger charge is -2.10. The fourth-order valence-electron chi connectivity index (χ4n) is 1.79. The van der Waals surface area contributed by atoms with Crippen LogP contribution in [0.25, 0.3) is 0 Å². The highest BCUT2D eigenvalue weighted by Crippen LogP contribution is 2.25. The molecule has 1 amide bonds. The van der Waals surface area contributed by atoms with E-state index in [1.807, 2.05) is 0 Å². The Morgan fingerprint density at radius 2 is 1.75 bits per heavy atom. The normalized spacial score (nSPS) is 9.90. The Hall–Kier alpha value is -2.69. The fraction of sp³-hybridized carbons (Fsp3) is 0.133. The van der Waals surface area contributed by atoms with Crippen molar-refractivity contribution in [2.75, 3.05) is 25.3 Å². The summed E-state index contributed by atoms with van der Waals surface area (Å²) in [5, 5.41) is 2.77. The molecule has 3 N–H and O–H groups in total. The molecule has 0 saturated carbocycles. The monoisotopic (exact) mass is 272 g/mol. The van der Waals surface area contributed by atoms with Crippen molar-refractivity contribution < 1.29 is 14.3 Å². The first-order chi connectivity index (χ1) is 9.65. The number of benzene rings is 2. The number of anilines is 2. The predicted octanol–water partition coefficient (Wildman–Crippen LogP) is 2.54. The van der Waals surface area contributed by atoms with Crippen LogP contribution in [0.2, 0.25) is 0 Å². The summed E-state index contributed by atoms with van der Waals surface area (Å²) in [7, 11) is 3.10. The van der Waals surface area contributed by atoms with Crippen molar-refractivity contribution in [2.24, 2.45) is 0 Å². The lowest BCUT2D eigenvalue weighted by molar-refractivity contribution is 0.102. The Balaban J connectivity index is 2.19. The van der Waals surface area contributed by atoms with Crippen LogP contribution >= 0.6 is 0 Å². The largest absolute Gasteiger partial charge is 0.497 e. The SMILES string of the molecule is COc1ccc(NC(=O)c2cccc(OC)c2N)cc1. The van der Waals surface area contributed by atoms with Crippen LogP contribution < -0.4 is 20.5 Å². The molecule has 20 heavy (non-hydrogen) atoms. The maximum absolute atomic E-state index is 12.2. The smallest absolute Gasteiger partial charge is 0.257 e. The van der Waals surface area contributed by atoms with E-state index in [9.17, 15) is 4.79 Å². The summed E-state index contributed by atoms with van der Waals surface area (Å²) in [6, 6.07) is 12.1. The molecule has 2 aromatic rings. The van der Waals surface area contributed by atoms with Crippen molar-refractivity contribution in [3.05, 3.63) is 48.0 Å². The molecule has 5 nitrogen and oxygen atoms in total. The average Bonchev–Trinajstić information content (AvgIpc) is 2.48. The molecular formula is C15H16N2O3. The van der Waals surface area contributed by atoms with Crippen LogP contribution in [0.5, 0.6) is 11.5 Å². The second-order valence-electron chi connectivity index (χ2n) is 4.10. The molecule has 0 spiro atoms. The number of nitrogen functional groups attached to an aromatic ring is 1. The van der Waals surface area contributed by atoms with Crippen LogP contribution in [0.3, 0.4) is 0 Å². The molecule has 0 aliphatic rings. The van der Waals surface area contributed by atoms with Gasteiger partial charge in [-0.1, -0.05) is 6.07 Å². The average molecular weight is 272 g/mol. The molecule has 0 aliphatic carbocycles. The van der Waals surface area contributed by atoms with Crippen LogP contribution in [0.4, 0.5) is 11.4 Å². The van der Waals surface area contributed by atoms with Gasteiger partial charge in [0, 0.05) is 5.69 Å². The van der Waals surface area contributed by atoms with E-state index >= 15 is 0 Å². The lowest BCUT2D eigenvalue weighted by Crippen LogP contribution is -2.14. The number of hydrogen-bond acceptors (Lipinski definition) is 4. The van der Waals surface area contributed by atoms with E-state index in [-0.39, 0.29) is 5.91 Å². The van der Waals surface area contributed by atoms with Crippen LogP contribution in [0.1, 0.15) is 10.4 Å². The van der Waals surface area contributed by atoms with Crippen molar-refractivity contribution in [3.63, 3.8) is 0 Å². The number of nitrogens with two attached hydrogens (primary N) is 1. The zero-order chi connectivity index (χ0) is 14.5. The van der Waals surface area contributed by atoms with Gasteiger partial charge in [0.2, 0.25) is 0 Å². The number of para-hydroxylation sites is 1. The number of methoxy groups -OCH3 is 2. The van der Waals surface area contributed by atoms with E-state index in [1.165, 1.54) is 7.11 Å². The molecule has 0 aliphatic heterocycles. The van der Waals surface area contributed by atoms with Gasteiger partial charge in [-0.25, -0.2) is 0 Å². The molecule has 2 rings (SSSR count). The van der Waals surface area contributed by atoms with Gasteiger partial charge in [0.25, 0.3) is 5.91 Å². The molecule has 0 bridgehead atoms. The summed E-state index contributed by atoms with van der Waals surface area (Å²) in [6.07, 6.45) is 0. The highest BCUT2D eigenvalue weighted by atomic mass is 16.5. The van der Waals surface area contributed by atoms with Crippen LogP contribution in [0.15, 0.2) is 42.5 Å². The molecule has 0 saturated heterocycles. The topological polar surface area (TPSA) is 73.6 Å². The van der Waals surface area contributed by atoms with Crippen LogP contribution in [-0.2, 0) is 0 Å². The van der Waals surface area contributed by atoms with Gasteiger partial charge in [-0.05, 0) is 36.4 Å².